The maximum atomic E-state index is 12.0. The minimum absolute atomic E-state index is 0.0750. The summed E-state index contributed by atoms with van der Waals surface area (Å²) in [5.74, 6) is -0.0750. The molecular formula is C14H20N2O2. The van der Waals surface area contributed by atoms with Crippen LogP contribution in [0.1, 0.15) is 35.2 Å². The van der Waals surface area contributed by atoms with Crippen molar-refractivity contribution in [1.29, 1.82) is 0 Å². The zero-order valence-electron chi connectivity index (χ0n) is 10.7. The van der Waals surface area contributed by atoms with Crippen molar-refractivity contribution >= 4 is 11.6 Å². The van der Waals surface area contributed by atoms with Crippen molar-refractivity contribution in [3.8, 4) is 0 Å². The number of amides is 1. The molecule has 3 N–H and O–H groups in total. The number of aryl methyl sites for hydroxylation is 1. The highest BCUT2D eigenvalue weighted by molar-refractivity contribution is 5.96. The Morgan fingerprint density at radius 1 is 1.50 bits per heavy atom. The number of nitrogen functional groups attached to an aromatic ring is 1. The van der Waals surface area contributed by atoms with Gasteiger partial charge in [-0.1, -0.05) is 6.07 Å². The fourth-order valence-electron chi connectivity index (χ4n) is 2.15. The number of hydrogen-bond donors (Lipinski definition) is 2. The van der Waals surface area contributed by atoms with Gasteiger partial charge in [-0.3, -0.25) is 4.79 Å². The second-order valence-corrected chi connectivity index (χ2v) is 4.77. The summed E-state index contributed by atoms with van der Waals surface area (Å²) in [5.41, 5.74) is 7.89. The van der Waals surface area contributed by atoms with E-state index in [9.17, 15) is 4.79 Å². The molecule has 0 radical (unpaired) electrons. The largest absolute Gasteiger partial charge is 0.399 e. The van der Waals surface area contributed by atoms with Gasteiger partial charge in [0.15, 0.2) is 0 Å². The number of nitrogens with one attached hydrogen (secondary N) is 1. The SMILES string of the molecule is Cc1ccc(N)cc1C(=O)NCC1CCCCO1. The molecule has 1 heterocycles. The van der Waals surface area contributed by atoms with E-state index >= 15 is 0 Å². The smallest absolute Gasteiger partial charge is 0.251 e. The fourth-order valence-corrected chi connectivity index (χ4v) is 2.15. The number of carbonyl (C=O) groups is 1. The van der Waals surface area contributed by atoms with Crippen molar-refractivity contribution in [2.45, 2.75) is 32.3 Å². The summed E-state index contributed by atoms with van der Waals surface area (Å²) in [5, 5.41) is 2.92. The topological polar surface area (TPSA) is 64.4 Å². The van der Waals surface area contributed by atoms with Crippen LogP contribution in [-0.4, -0.2) is 25.2 Å². The highest BCUT2D eigenvalue weighted by atomic mass is 16.5. The van der Waals surface area contributed by atoms with Gasteiger partial charge in [0, 0.05) is 24.4 Å². The molecule has 1 saturated heterocycles. The van der Waals surface area contributed by atoms with Crippen LogP contribution in [0.5, 0.6) is 0 Å². The van der Waals surface area contributed by atoms with Crippen LogP contribution < -0.4 is 11.1 Å². The first-order valence-electron chi connectivity index (χ1n) is 6.43. The lowest BCUT2D eigenvalue weighted by Gasteiger charge is -2.22. The number of benzene rings is 1. The van der Waals surface area contributed by atoms with Gasteiger partial charge in [0.2, 0.25) is 0 Å². The fraction of sp³-hybridized carbons (Fsp3) is 0.500. The molecule has 0 saturated carbocycles. The molecule has 1 aromatic carbocycles. The van der Waals surface area contributed by atoms with Gasteiger partial charge in [-0.25, -0.2) is 0 Å². The van der Waals surface area contributed by atoms with Gasteiger partial charge >= 0.3 is 0 Å². The van der Waals surface area contributed by atoms with E-state index in [1.165, 1.54) is 6.42 Å². The minimum atomic E-state index is -0.0750. The molecule has 0 bridgehead atoms. The molecule has 2 rings (SSSR count). The van der Waals surface area contributed by atoms with Crippen molar-refractivity contribution < 1.29 is 9.53 Å². The van der Waals surface area contributed by atoms with Gasteiger partial charge in [-0.15, -0.1) is 0 Å². The second kappa shape index (κ2) is 5.87. The molecule has 98 valence electrons. The molecule has 4 nitrogen and oxygen atoms in total. The molecule has 4 heteroatoms. The molecule has 1 unspecified atom stereocenters. The van der Waals surface area contributed by atoms with E-state index in [0.29, 0.717) is 17.8 Å². The van der Waals surface area contributed by atoms with E-state index in [1.54, 1.807) is 12.1 Å². The van der Waals surface area contributed by atoms with Crippen LogP contribution in [0.2, 0.25) is 0 Å². The normalized spacial score (nSPS) is 19.5. The molecule has 1 amide bonds. The van der Waals surface area contributed by atoms with E-state index in [0.717, 1.165) is 25.0 Å². The molecule has 1 fully saturated rings. The second-order valence-electron chi connectivity index (χ2n) is 4.77. The van der Waals surface area contributed by atoms with E-state index in [2.05, 4.69) is 5.32 Å². The molecule has 0 aliphatic carbocycles. The molecule has 0 aromatic heterocycles. The number of hydrogen-bond acceptors (Lipinski definition) is 3. The molecule has 18 heavy (non-hydrogen) atoms. The summed E-state index contributed by atoms with van der Waals surface area (Å²) < 4.78 is 5.58. The van der Waals surface area contributed by atoms with Crippen molar-refractivity contribution in [3.05, 3.63) is 29.3 Å². The summed E-state index contributed by atoms with van der Waals surface area (Å²) in [7, 11) is 0. The van der Waals surface area contributed by atoms with Crippen LogP contribution in [0.25, 0.3) is 0 Å². The van der Waals surface area contributed by atoms with Crippen LogP contribution in [0.15, 0.2) is 18.2 Å². The Morgan fingerprint density at radius 3 is 3.06 bits per heavy atom. The third kappa shape index (κ3) is 3.23. The van der Waals surface area contributed by atoms with Crippen molar-refractivity contribution in [2.75, 3.05) is 18.9 Å². The number of rotatable bonds is 3. The lowest BCUT2D eigenvalue weighted by atomic mass is 10.1. The summed E-state index contributed by atoms with van der Waals surface area (Å²) in [6.45, 7) is 3.29. The molecule has 1 aromatic rings. The lowest BCUT2D eigenvalue weighted by molar-refractivity contribution is 0.0169. The van der Waals surface area contributed by atoms with Crippen molar-refractivity contribution in [3.63, 3.8) is 0 Å². The number of anilines is 1. The van der Waals surface area contributed by atoms with Gasteiger partial charge in [-0.2, -0.15) is 0 Å². The monoisotopic (exact) mass is 248 g/mol. The summed E-state index contributed by atoms with van der Waals surface area (Å²) in [4.78, 5) is 12.0. The average Bonchev–Trinajstić information content (AvgIpc) is 2.40. The Bertz CT molecular complexity index is 426. The third-order valence-electron chi connectivity index (χ3n) is 3.27. The third-order valence-corrected chi connectivity index (χ3v) is 3.27. The van der Waals surface area contributed by atoms with Crippen LogP contribution in [-0.2, 0) is 4.74 Å². The molecular weight excluding hydrogens is 228 g/mol. The zero-order chi connectivity index (χ0) is 13.0. The van der Waals surface area contributed by atoms with Crippen LogP contribution in [0.4, 0.5) is 5.69 Å². The Kier molecular flexibility index (Phi) is 4.20. The van der Waals surface area contributed by atoms with Gasteiger partial charge in [0.05, 0.1) is 6.10 Å². The molecule has 0 spiro atoms. The number of nitrogens with two attached hydrogens (primary N) is 1. The molecule has 1 atom stereocenters. The zero-order valence-corrected chi connectivity index (χ0v) is 10.7. The quantitative estimate of drug-likeness (QED) is 0.803. The summed E-state index contributed by atoms with van der Waals surface area (Å²) in [6, 6.07) is 5.38. The van der Waals surface area contributed by atoms with Crippen LogP contribution >= 0.6 is 0 Å². The average molecular weight is 248 g/mol. The van der Waals surface area contributed by atoms with Gasteiger partial charge in [0.25, 0.3) is 5.91 Å². The van der Waals surface area contributed by atoms with Gasteiger partial charge in [-0.05, 0) is 43.9 Å². The highest BCUT2D eigenvalue weighted by Crippen LogP contribution is 2.14. The van der Waals surface area contributed by atoms with Gasteiger partial charge < -0.3 is 15.8 Å². The molecule has 1 aliphatic rings. The first-order valence-corrected chi connectivity index (χ1v) is 6.43. The van der Waals surface area contributed by atoms with E-state index in [4.69, 9.17) is 10.5 Å². The Hall–Kier alpha value is -1.55. The summed E-state index contributed by atoms with van der Waals surface area (Å²) >= 11 is 0. The Morgan fingerprint density at radius 2 is 2.33 bits per heavy atom. The van der Waals surface area contributed by atoms with E-state index < -0.39 is 0 Å². The predicted molar refractivity (Wildman–Crippen MR) is 71.5 cm³/mol. The Labute approximate surface area is 108 Å². The van der Waals surface area contributed by atoms with Crippen molar-refractivity contribution in [1.82, 2.24) is 5.32 Å². The Balaban J connectivity index is 1.92. The minimum Gasteiger partial charge on any atom is -0.399 e. The van der Waals surface area contributed by atoms with E-state index in [1.807, 2.05) is 13.0 Å². The van der Waals surface area contributed by atoms with Crippen LogP contribution in [0, 0.1) is 6.92 Å². The standard InChI is InChI=1S/C14H20N2O2/c1-10-5-6-11(15)8-13(10)14(17)16-9-12-4-2-3-7-18-12/h5-6,8,12H,2-4,7,9,15H2,1H3,(H,16,17). The number of ether oxygens (including phenoxy) is 1. The van der Waals surface area contributed by atoms with Crippen molar-refractivity contribution in [2.24, 2.45) is 0 Å². The maximum absolute atomic E-state index is 12.0. The maximum Gasteiger partial charge on any atom is 0.251 e. The summed E-state index contributed by atoms with van der Waals surface area (Å²) in [6.07, 6.45) is 3.48. The first-order chi connectivity index (χ1) is 8.66. The van der Waals surface area contributed by atoms with Crippen LogP contribution in [0.3, 0.4) is 0 Å². The number of carbonyl (C=O) groups excluding carboxylic acids is 1. The predicted octanol–water partition coefficient (Wildman–Crippen LogP) is 1.88. The highest BCUT2D eigenvalue weighted by Gasteiger charge is 2.16. The van der Waals surface area contributed by atoms with Gasteiger partial charge in [0.1, 0.15) is 0 Å². The lowest BCUT2D eigenvalue weighted by Crippen LogP contribution is -2.35. The first kappa shape index (κ1) is 12.9. The van der Waals surface area contributed by atoms with E-state index in [-0.39, 0.29) is 12.0 Å². The molecule has 1 aliphatic heterocycles.